The number of hydrogen-bond donors (Lipinski definition) is 2. The van der Waals surface area contributed by atoms with Crippen molar-refractivity contribution in [1.29, 1.82) is 0 Å². The Morgan fingerprint density at radius 3 is 3.00 bits per heavy atom. The van der Waals surface area contributed by atoms with Gasteiger partial charge < -0.3 is 19.9 Å². The van der Waals surface area contributed by atoms with Gasteiger partial charge in [-0.1, -0.05) is 0 Å². The molecular formula is C15H24N2O3. The van der Waals surface area contributed by atoms with Crippen LogP contribution >= 0.6 is 0 Å². The topological polar surface area (TPSA) is 63.6 Å². The summed E-state index contributed by atoms with van der Waals surface area (Å²) >= 11 is 0. The first-order valence-corrected chi connectivity index (χ1v) is 7.26. The van der Waals surface area contributed by atoms with Crippen LogP contribution in [-0.4, -0.2) is 48.7 Å². The SMILES string of the molecule is CC(NCC(O)COCC1CCCO1)c1ccncc1. The van der Waals surface area contributed by atoms with Crippen LogP contribution in [0, 0.1) is 0 Å². The Balaban J connectivity index is 1.58. The number of aliphatic hydroxyl groups is 1. The van der Waals surface area contributed by atoms with E-state index >= 15 is 0 Å². The Hall–Kier alpha value is -1.01. The minimum Gasteiger partial charge on any atom is -0.389 e. The number of nitrogens with zero attached hydrogens (tertiary/aromatic N) is 1. The summed E-state index contributed by atoms with van der Waals surface area (Å²) in [5, 5.41) is 13.2. The summed E-state index contributed by atoms with van der Waals surface area (Å²) in [6.45, 7) is 4.33. The molecule has 5 heteroatoms. The molecule has 1 aromatic rings. The zero-order chi connectivity index (χ0) is 14.2. The Kier molecular flexibility index (Phi) is 6.39. The Morgan fingerprint density at radius 2 is 2.30 bits per heavy atom. The number of ether oxygens (including phenoxy) is 2. The highest BCUT2D eigenvalue weighted by Gasteiger charge is 2.16. The molecule has 5 nitrogen and oxygen atoms in total. The van der Waals surface area contributed by atoms with Crippen molar-refractivity contribution in [3.63, 3.8) is 0 Å². The zero-order valence-corrected chi connectivity index (χ0v) is 12.0. The fourth-order valence-corrected chi connectivity index (χ4v) is 2.25. The number of aliphatic hydroxyl groups excluding tert-OH is 1. The predicted molar refractivity (Wildman–Crippen MR) is 76.5 cm³/mol. The van der Waals surface area contributed by atoms with Gasteiger partial charge in [0.25, 0.3) is 0 Å². The molecule has 0 spiro atoms. The Bertz CT molecular complexity index is 369. The maximum absolute atomic E-state index is 9.88. The van der Waals surface area contributed by atoms with Crippen LogP contribution < -0.4 is 5.32 Å². The second-order valence-electron chi connectivity index (χ2n) is 5.24. The van der Waals surface area contributed by atoms with Crippen molar-refractivity contribution in [3.05, 3.63) is 30.1 Å². The molecule has 3 atom stereocenters. The lowest BCUT2D eigenvalue weighted by molar-refractivity contribution is -0.0168. The fraction of sp³-hybridized carbons (Fsp3) is 0.667. The Labute approximate surface area is 120 Å². The lowest BCUT2D eigenvalue weighted by atomic mass is 10.1. The average Bonchev–Trinajstić information content (AvgIpc) is 2.99. The van der Waals surface area contributed by atoms with E-state index in [1.165, 1.54) is 0 Å². The van der Waals surface area contributed by atoms with Crippen molar-refractivity contribution in [2.45, 2.75) is 38.0 Å². The van der Waals surface area contributed by atoms with E-state index in [0.717, 1.165) is 25.0 Å². The van der Waals surface area contributed by atoms with Gasteiger partial charge in [0, 0.05) is 31.6 Å². The fourth-order valence-electron chi connectivity index (χ4n) is 2.25. The molecule has 1 saturated heterocycles. The first-order valence-electron chi connectivity index (χ1n) is 7.26. The minimum atomic E-state index is -0.499. The first kappa shape index (κ1) is 15.4. The highest BCUT2D eigenvalue weighted by molar-refractivity contribution is 5.13. The molecule has 0 radical (unpaired) electrons. The Morgan fingerprint density at radius 1 is 1.50 bits per heavy atom. The number of nitrogens with one attached hydrogen (secondary N) is 1. The second-order valence-corrected chi connectivity index (χ2v) is 5.24. The highest BCUT2D eigenvalue weighted by atomic mass is 16.5. The van der Waals surface area contributed by atoms with Gasteiger partial charge in [0.2, 0.25) is 0 Å². The third-order valence-electron chi connectivity index (χ3n) is 3.50. The summed E-state index contributed by atoms with van der Waals surface area (Å²) in [5.74, 6) is 0. The molecule has 2 rings (SSSR count). The van der Waals surface area contributed by atoms with Gasteiger partial charge in [0.1, 0.15) is 0 Å². The minimum absolute atomic E-state index is 0.186. The molecule has 0 aliphatic carbocycles. The van der Waals surface area contributed by atoms with Crippen molar-refractivity contribution < 1.29 is 14.6 Å². The molecule has 2 N–H and O–H groups in total. The van der Waals surface area contributed by atoms with Gasteiger partial charge in [-0.2, -0.15) is 0 Å². The maximum atomic E-state index is 9.88. The van der Waals surface area contributed by atoms with Gasteiger partial charge in [0.15, 0.2) is 0 Å². The molecule has 0 amide bonds. The van der Waals surface area contributed by atoms with Crippen molar-refractivity contribution in [3.8, 4) is 0 Å². The standard InChI is InChI=1S/C15H24N2O3/c1-12(13-4-6-16-7-5-13)17-9-14(18)10-19-11-15-3-2-8-20-15/h4-7,12,14-15,17-18H,2-3,8-11H2,1H3. The summed E-state index contributed by atoms with van der Waals surface area (Å²) < 4.78 is 11.0. The number of hydrogen-bond acceptors (Lipinski definition) is 5. The summed E-state index contributed by atoms with van der Waals surface area (Å²) in [4.78, 5) is 3.99. The quantitative estimate of drug-likeness (QED) is 0.751. The maximum Gasteiger partial charge on any atom is 0.0897 e. The third kappa shape index (κ3) is 5.17. The van der Waals surface area contributed by atoms with Gasteiger partial charge in [-0.3, -0.25) is 4.98 Å². The first-order chi connectivity index (χ1) is 9.75. The van der Waals surface area contributed by atoms with Crippen molar-refractivity contribution >= 4 is 0 Å². The lowest BCUT2D eigenvalue weighted by Gasteiger charge is -2.18. The van der Waals surface area contributed by atoms with Crippen LogP contribution in [0.5, 0.6) is 0 Å². The van der Waals surface area contributed by atoms with E-state index in [2.05, 4.69) is 17.2 Å². The molecule has 1 aliphatic heterocycles. The molecule has 2 heterocycles. The van der Waals surface area contributed by atoms with E-state index in [1.54, 1.807) is 12.4 Å². The molecule has 3 unspecified atom stereocenters. The third-order valence-corrected chi connectivity index (χ3v) is 3.50. The van der Waals surface area contributed by atoms with E-state index in [9.17, 15) is 5.11 Å². The second kappa shape index (κ2) is 8.32. The highest BCUT2D eigenvalue weighted by Crippen LogP contribution is 2.12. The molecule has 0 aromatic carbocycles. The summed E-state index contributed by atoms with van der Waals surface area (Å²) in [7, 11) is 0. The monoisotopic (exact) mass is 280 g/mol. The van der Waals surface area contributed by atoms with Gasteiger partial charge in [-0.15, -0.1) is 0 Å². The van der Waals surface area contributed by atoms with E-state index < -0.39 is 6.10 Å². The molecule has 0 saturated carbocycles. The summed E-state index contributed by atoms with van der Waals surface area (Å²) in [6, 6.07) is 4.13. The zero-order valence-electron chi connectivity index (χ0n) is 12.0. The van der Waals surface area contributed by atoms with Crippen molar-refractivity contribution in [2.75, 3.05) is 26.4 Å². The van der Waals surface area contributed by atoms with Crippen LogP contribution in [0.25, 0.3) is 0 Å². The van der Waals surface area contributed by atoms with E-state index in [0.29, 0.717) is 19.8 Å². The molecule has 112 valence electrons. The molecule has 20 heavy (non-hydrogen) atoms. The van der Waals surface area contributed by atoms with Crippen LogP contribution in [0.15, 0.2) is 24.5 Å². The van der Waals surface area contributed by atoms with Crippen LogP contribution in [-0.2, 0) is 9.47 Å². The van der Waals surface area contributed by atoms with Crippen molar-refractivity contribution in [1.82, 2.24) is 10.3 Å². The van der Waals surface area contributed by atoms with Crippen molar-refractivity contribution in [2.24, 2.45) is 0 Å². The van der Waals surface area contributed by atoms with Gasteiger partial charge in [-0.25, -0.2) is 0 Å². The van der Waals surface area contributed by atoms with Gasteiger partial charge in [0.05, 0.1) is 25.4 Å². The van der Waals surface area contributed by atoms with E-state index in [4.69, 9.17) is 9.47 Å². The largest absolute Gasteiger partial charge is 0.389 e. The smallest absolute Gasteiger partial charge is 0.0897 e. The molecular weight excluding hydrogens is 256 g/mol. The summed E-state index contributed by atoms with van der Waals surface area (Å²) in [5.41, 5.74) is 1.16. The van der Waals surface area contributed by atoms with Gasteiger partial charge >= 0.3 is 0 Å². The van der Waals surface area contributed by atoms with Crippen LogP contribution in [0.1, 0.15) is 31.4 Å². The van der Waals surface area contributed by atoms with Gasteiger partial charge in [-0.05, 0) is 37.5 Å². The normalized spacial score (nSPS) is 21.8. The summed E-state index contributed by atoms with van der Waals surface area (Å²) in [6.07, 6.45) is 5.43. The number of pyridine rings is 1. The number of aromatic nitrogens is 1. The average molecular weight is 280 g/mol. The molecule has 1 aliphatic rings. The number of rotatable bonds is 8. The van der Waals surface area contributed by atoms with Crippen LogP contribution in [0.4, 0.5) is 0 Å². The molecule has 1 aromatic heterocycles. The molecule has 1 fully saturated rings. The van der Waals surface area contributed by atoms with Crippen LogP contribution in [0.2, 0.25) is 0 Å². The van der Waals surface area contributed by atoms with E-state index in [1.807, 2.05) is 12.1 Å². The van der Waals surface area contributed by atoms with Crippen LogP contribution in [0.3, 0.4) is 0 Å². The predicted octanol–water partition coefficient (Wildman–Crippen LogP) is 1.29. The lowest BCUT2D eigenvalue weighted by Crippen LogP contribution is -2.33. The van der Waals surface area contributed by atoms with E-state index in [-0.39, 0.29) is 12.1 Å². The molecule has 0 bridgehead atoms.